The second kappa shape index (κ2) is 8.47. The van der Waals surface area contributed by atoms with Crippen LogP contribution in [0.1, 0.15) is 18.1 Å². The lowest BCUT2D eigenvalue weighted by Crippen LogP contribution is -2.30. The smallest absolute Gasteiger partial charge is 0.0406 e. The number of aryl methyl sites for hydroxylation is 1. The van der Waals surface area contributed by atoms with E-state index >= 15 is 0 Å². The van der Waals surface area contributed by atoms with Crippen molar-refractivity contribution >= 4 is 23.4 Å². The monoisotopic (exact) mass is 319 g/mol. The molecule has 0 saturated carbocycles. The zero-order valence-corrected chi connectivity index (χ0v) is 14.2. The number of halogens is 1. The van der Waals surface area contributed by atoms with Gasteiger partial charge in [0.15, 0.2) is 0 Å². The summed E-state index contributed by atoms with van der Waals surface area (Å²) in [6, 6.07) is 17.5. The first-order valence-electron chi connectivity index (χ1n) is 7.34. The van der Waals surface area contributed by atoms with E-state index in [1.54, 1.807) is 0 Å². The third kappa shape index (κ3) is 5.39. The van der Waals surface area contributed by atoms with Gasteiger partial charge < -0.3 is 5.32 Å². The molecule has 0 radical (unpaired) electrons. The van der Waals surface area contributed by atoms with Crippen LogP contribution in [0.15, 0.2) is 53.4 Å². The van der Waals surface area contributed by atoms with Crippen molar-refractivity contribution in [3.8, 4) is 0 Å². The predicted molar refractivity (Wildman–Crippen MR) is 94.5 cm³/mol. The zero-order chi connectivity index (χ0) is 15.1. The highest BCUT2D eigenvalue weighted by Crippen LogP contribution is 2.22. The van der Waals surface area contributed by atoms with Gasteiger partial charge in [0, 0.05) is 21.7 Å². The van der Waals surface area contributed by atoms with Crippen LogP contribution in [0.2, 0.25) is 5.02 Å². The van der Waals surface area contributed by atoms with Crippen molar-refractivity contribution in [3.63, 3.8) is 0 Å². The lowest BCUT2D eigenvalue weighted by molar-refractivity contribution is 0.617. The summed E-state index contributed by atoms with van der Waals surface area (Å²) in [6.07, 6.45) is 2.16. The quantitative estimate of drug-likeness (QED) is 0.734. The molecule has 1 unspecified atom stereocenters. The minimum Gasteiger partial charge on any atom is -0.316 e. The Morgan fingerprint density at radius 3 is 2.19 bits per heavy atom. The van der Waals surface area contributed by atoms with Crippen LogP contribution >= 0.6 is 23.4 Å². The van der Waals surface area contributed by atoms with Gasteiger partial charge in [-0.25, -0.2) is 0 Å². The Bertz CT molecular complexity index is 536. The fourth-order valence-corrected chi connectivity index (χ4v) is 3.30. The summed E-state index contributed by atoms with van der Waals surface area (Å²) in [4.78, 5) is 1.26. The normalized spacial score (nSPS) is 12.3. The summed E-state index contributed by atoms with van der Waals surface area (Å²) in [5, 5.41) is 4.21. The summed E-state index contributed by atoms with van der Waals surface area (Å²) < 4.78 is 0. The Hall–Kier alpha value is -0.960. The standard InChI is InChI=1S/C18H22ClNS/c1-3-14-4-6-15(7-5-14)12-17(20-2)13-21-18-10-8-16(19)9-11-18/h4-11,17,20H,3,12-13H2,1-2H3. The highest BCUT2D eigenvalue weighted by molar-refractivity contribution is 7.99. The Labute approximate surface area is 137 Å². The Balaban J connectivity index is 1.88. The summed E-state index contributed by atoms with van der Waals surface area (Å²) >= 11 is 7.78. The molecule has 0 fully saturated rings. The molecule has 1 N–H and O–H groups in total. The molecule has 0 aromatic heterocycles. The van der Waals surface area contributed by atoms with Gasteiger partial charge in [0.05, 0.1) is 0 Å². The molecule has 1 atom stereocenters. The van der Waals surface area contributed by atoms with E-state index in [0.717, 1.165) is 23.6 Å². The Morgan fingerprint density at radius 2 is 1.62 bits per heavy atom. The molecule has 21 heavy (non-hydrogen) atoms. The van der Waals surface area contributed by atoms with Gasteiger partial charge in [0.25, 0.3) is 0 Å². The molecule has 0 amide bonds. The lowest BCUT2D eigenvalue weighted by Gasteiger charge is -2.16. The van der Waals surface area contributed by atoms with Crippen LogP contribution in [0.3, 0.4) is 0 Å². The zero-order valence-electron chi connectivity index (χ0n) is 12.6. The highest BCUT2D eigenvalue weighted by Gasteiger charge is 2.08. The van der Waals surface area contributed by atoms with Gasteiger partial charge in [-0.2, -0.15) is 0 Å². The third-order valence-electron chi connectivity index (χ3n) is 3.59. The molecule has 112 valence electrons. The third-order valence-corrected chi connectivity index (χ3v) is 5.01. The van der Waals surface area contributed by atoms with Crippen molar-refractivity contribution in [2.45, 2.75) is 30.7 Å². The highest BCUT2D eigenvalue weighted by atomic mass is 35.5. The maximum atomic E-state index is 5.91. The average Bonchev–Trinajstić information content (AvgIpc) is 2.53. The number of benzene rings is 2. The molecule has 1 nitrogen and oxygen atoms in total. The largest absolute Gasteiger partial charge is 0.316 e. The second-order valence-corrected chi connectivity index (χ2v) is 6.65. The molecule has 0 saturated heterocycles. The first-order valence-corrected chi connectivity index (χ1v) is 8.71. The molecule has 0 bridgehead atoms. The molecular formula is C18H22ClNS. The maximum absolute atomic E-state index is 5.91. The fourth-order valence-electron chi connectivity index (χ4n) is 2.17. The summed E-state index contributed by atoms with van der Waals surface area (Å²) in [5.41, 5.74) is 2.79. The van der Waals surface area contributed by atoms with Crippen LogP contribution in [0.5, 0.6) is 0 Å². The number of likely N-dealkylation sites (N-methyl/N-ethyl adjacent to an activating group) is 1. The van der Waals surface area contributed by atoms with Crippen molar-refractivity contribution in [2.75, 3.05) is 12.8 Å². The number of thioether (sulfide) groups is 1. The fraction of sp³-hybridized carbons (Fsp3) is 0.333. The van der Waals surface area contributed by atoms with Crippen LogP contribution in [0, 0.1) is 0 Å². The number of rotatable bonds is 7. The predicted octanol–water partition coefficient (Wildman–Crippen LogP) is 4.83. The van der Waals surface area contributed by atoms with Crippen molar-refractivity contribution < 1.29 is 0 Å². The molecule has 0 aliphatic heterocycles. The molecule has 3 heteroatoms. The molecule has 0 aliphatic carbocycles. The van der Waals surface area contributed by atoms with E-state index in [4.69, 9.17) is 11.6 Å². The minimum absolute atomic E-state index is 0.471. The SMILES string of the molecule is CCc1ccc(CC(CSc2ccc(Cl)cc2)NC)cc1. The molecule has 0 heterocycles. The van der Waals surface area contributed by atoms with Crippen LogP contribution < -0.4 is 5.32 Å². The van der Waals surface area contributed by atoms with Gasteiger partial charge in [-0.15, -0.1) is 11.8 Å². The first-order chi connectivity index (χ1) is 10.2. The Morgan fingerprint density at radius 1 is 1.00 bits per heavy atom. The van der Waals surface area contributed by atoms with E-state index in [9.17, 15) is 0 Å². The summed E-state index contributed by atoms with van der Waals surface area (Å²) in [7, 11) is 2.04. The summed E-state index contributed by atoms with van der Waals surface area (Å²) in [6.45, 7) is 2.19. The molecule has 0 aliphatic rings. The van der Waals surface area contributed by atoms with Crippen molar-refractivity contribution in [2.24, 2.45) is 0 Å². The maximum Gasteiger partial charge on any atom is 0.0406 e. The number of hydrogen-bond donors (Lipinski definition) is 1. The van der Waals surface area contributed by atoms with Crippen molar-refractivity contribution in [3.05, 3.63) is 64.7 Å². The molecule has 2 rings (SSSR count). The second-order valence-electron chi connectivity index (χ2n) is 5.12. The van der Waals surface area contributed by atoms with Crippen LogP contribution in [0.25, 0.3) is 0 Å². The van der Waals surface area contributed by atoms with E-state index in [2.05, 4.69) is 48.6 Å². The topological polar surface area (TPSA) is 12.0 Å². The van der Waals surface area contributed by atoms with Gasteiger partial charge in [0.1, 0.15) is 0 Å². The Kier molecular flexibility index (Phi) is 6.62. The van der Waals surface area contributed by atoms with E-state index in [1.807, 2.05) is 30.9 Å². The van der Waals surface area contributed by atoms with Gasteiger partial charge in [-0.3, -0.25) is 0 Å². The van der Waals surface area contributed by atoms with Gasteiger partial charge in [0.2, 0.25) is 0 Å². The molecule has 2 aromatic rings. The van der Waals surface area contributed by atoms with Gasteiger partial charge in [-0.1, -0.05) is 42.8 Å². The lowest BCUT2D eigenvalue weighted by atomic mass is 10.0. The van der Waals surface area contributed by atoms with E-state index in [1.165, 1.54) is 16.0 Å². The minimum atomic E-state index is 0.471. The first kappa shape index (κ1) is 16.4. The van der Waals surface area contributed by atoms with Crippen molar-refractivity contribution in [1.82, 2.24) is 5.32 Å². The van der Waals surface area contributed by atoms with E-state index in [0.29, 0.717) is 6.04 Å². The van der Waals surface area contributed by atoms with Gasteiger partial charge >= 0.3 is 0 Å². The summed E-state index contributed by atoms with van der Waals surface area (Å²) in [5.74, 6) is 1.05. The van der Waals surface area contributed by atoms with E-state index < -0.39 is 0 Å². The molecule has 0 spiro atoms. The van der Waals surface area contributed by atoms with Crippen molar-refractivity contribution in [1.29, 1.82) is 0 Å². The number of hydrogen-bond acceptors (Lipinski definition) is 2. The van der Waals surface area contributed by atoms with Crippen LogP contribution in [-0.2, 0) is 12.8 Å². The van der Waals surface area contributed by atoms with Crippen LogP contribution in [0.4, 0.5) is 0 Å². The van der Waals surface area contributed by atoms with E-state index in [-0.39, 0.29) is 0 Å². The molecular weight excluding hydrogens is 298 g/mol. The van der Waals surface area contributed by atoms with Crippen LogP contribution in [-0.4, -0.2) is 18.8 Å². The van der Waals surface area contributed by atoms with Gasteiger partial charge in [-0.05, 0) is 55.3 Å². The average molecular weight is 320 g/mol. The molecule has 2 aromatic carbocycles. The number of nitrogens with one attached hydrogen (secondary N) is 1.